The summed E-state index contributed by atoms with van der Waals surface area (Å²) in [6, 6.07) is 6.14. The second-order valence-electron chi connectivity index (χ2n) is 8.33. The number of nitrogens with one attached hydrogen (secondary N) is 1. The van der Waals surface area contributed by atoms with E-state index in [1.165, 1.54) is 22.9 Å². The highest BCUT2D eigenvalue weighted by molar-refractivity contribution is 7.89. The van der Waals surface area contributed by atoms with Crippen molar-refractivity contribution in [2.75, 3.05) is 26.3 Å². The first-order valence-electron chi connectivity index (χ1n) is 10.3. The first-order valence-corrected chi connectivity index (χ1v) is 11.8. The fourth-order valence-corrected chi connectivity index (χ4v) is 5.46. The highest BCUT2D eigenvalue weighted by Gasteiger charge is 2.28. The van der Waals surface area contributed by atoms with E-state index in [1.807, 2.05) is 0 Å². The first-order chi connectivity index (χ1) is 13.8. The number of carbonyl (C=O) groups excluding carboxylic acids is 1. The number of sulfonamides is 1. The van der Waals surface area contributed by atoms with Gasteiger partial charge in [-0.3, -0.25) is 4.79 Å². The van der Waals surface area contributed by atoms with Crippen molar-refractivity contribution in [1.29, 1.82) is 0 Å². The summed E-state index contributed by atoms with van der Waals surface area (Å²) >= 11 is 0. The average Bonchev–Trinajstić information content (AvgIpc) is 2.72. The van der Waals surface area contributed by atoms with Crippen molar-refractivity contribution in [1.82, 2.24) is 9.73 Å². The topological polar surface area (TPSA) is 88.1 Å². The normalized spacial score (nSPS) is 25.3. The lowest BCUT2D eigenvalue weighted by atomic mass is 9.76. The van der Waals surface area contributed by atoms with Gasteiger partial charge in [0.05, 0.1) is 18.1 Å². The van der Waals surface area contributed by atoms with Crippen LogP contribution in [0.25, 0.3) is 0 Å². The number of ether oxygens (including phenoxy) is 1. The van der Waals surface area contributed by atoms with E-state index < -0.39 is 15.9 Å². The second kappa shape index (κ2) is 9.36. The molecule has 1 heterocycles. The molecule has 0 radical (unpaired) electrons. The van der Waals surface area contributed by atoms with E-state index in [1.54, 1.807) is 12.1 Å². The van der Waals surface area contributed by atoms with Gasteiger partial charge in [0, 0.05) is 30.3 Å². The minimum Gasteiger partial charge on any atom is -0.379 e. The zero-order valence-corrected chi connectivity index (χ0v) is 18.2. The fourth-order valence-electron chi connectivity index (χ4n) is 4.01. The van der Waals surface area contributed by atoms with Crippen molar-refractivity contribution < 1.29 is 17.9 Å². The Hall–Kier alpha value is -1.77. The minimum atomic E-state index is -3.64. The predicted molar refractivity (Wildman–Crippen MR) is 112 cm³/mol. The molecule has 3 rings (SSSR count). The van der Waals surface area contributed by atoms with Crippen LogP contribution in [0.15, 0.2) is 34.3 Å². The first kappa shape index (κ1) is 21.9. The lowest BCUT2D eigenvalue weighted by Crippen LogP contribution is -2.40. The van der Waals surface area contributed by atoms with E-state index in [9.17, 15) is 13.2 Å². The summed E-state index contributed by atoms with van der Waals surface area (Å²) in [6.07, 6.45) is 3.15. The van der Waals surface area contributed by atoms with Crippen LogP contribution in [0.3, 0.4) is 0 Å². The van der Waals surface area contributed by atoms with Crippen LogP contribution in [0.2, 0.25) is 0 Å². The molecular formula is C21H31N3O4S. The van der Waals surface area contributed by atoms with E-state index in [4.69, 9.17) is 4.74 Å². The Bertz CT molecular complexity index is 860. The summed E-state index contributed by atoms with van der Waals surface area (Å²) in [4.78, 5) is 12.8. The molecule has 2 atom stereocenters. The lowest BCUT2D eigenvalue weighted by Gasteiger charge is -2.30. The Kier molecular flexibility index (Phi) is 7.08. The molecule has 1 saturated carbocycles. The van der Waals surface area contributed by atoms with Gasteiger partial charge in [-0.05, 0) is 49.3 Å². The van der Waals surface area contributed by atoms with E-state index in [-0.39, 0.29) is 10.5 Å². The number of hydrogen-bond donors (Lipinski definition) is 1. The third-order valence-corrected chi connectivity index (χ3v) is 7.66. The molecule has 1 N–H and O–H groups in total. The van der Waals surface area contributed by atoms with E-state index in [0.29, 0.717) is 44.1 Å². The number of rotatable bonds is 5. The summed E-state index contributed by atoms with van der Waals surface area (Å²) in [5, 5.41) is 4.44. The molecule has 1 saturated heterocycles. The van der Waals surface area contributed by atoms with Crippen LogP contribution in [0.4, 0.5) is 0 Å². The molecule has 0 aromatic heterocycles. The molecule has 7 nitrogen and oxygen atoms in total. The van der Waals surface area contributed by atoms with Gasteiger partial charge < -0.3 is 4.74 Å². The number of hydrazone groups is 1. The van der Waals surface area contributed by atoms with Crippen LogP contribution in [0, 0.1) is 17.8 Å². The van der Waals surface area contributed by atoms with Crippen molar-refractivity contribution in [3.63, 3.8) is 0 Å². The zero-order chi connectivity index (χ0) is 21.0. The van der Waals surface area contributed by atoms with Crippen molar-refractivity contribution in [2.45, 2.75) is 44.9 Å². The van der Waals surface area contributed by atoms with Crippen LogP contribution in [0.1, 0.15) is 50.4 Å². The van der Waals surface area contributed by atoms with E-state index in [2.05, 4.69) is 31.3 Å². The zero-order valence-electron chi connectivity index (χ0n) is 17.4. The molecule has 2 fully saturated rings. The van der Waals surface area contributed by atoms with Gasteiger partial charge in [0.25, 0.3) is 5.91 Å². The standard InChI is InChI=1S/C21H31N3O4S/c1-15(2)19-8-7-16(3)13-20(19)22-23-21(25)17-5-4-6-18(14-17)29(26,27)24-9-11-28-12-10-24/h4-6,14-16,19H,7-13H2,1-3H3,(H,23,25)/b22-20-/t16-,19+/m1/s1. The molecule has 1 aromatic carbocycles. The minimum absolute atomic E-state index is 0.117. The van der Waals surface area contributed by atoms with Crippen LogP contribution >= 0.6 is 0 Å². The fraction of sp³-hybridized carbons (Fsp3) is 0.619. The molecule has 29 heavy (non-hydrogen) atoms. The summed E-state index contributed by atoms with van der Waals surface area (Å²) in [7, 11) is -3.64. The smallest absolute Gasteiger partial charge is 0.271 e. The Morgan fingerprint density at radius 2 is 1.97 bits per heavy atom. The van der Waals surface area contributed by atoms with E-state index in [0.717, 1.165) is 18.6 Å². The van der Waals surface area contributed by atoms with Gasteiger partial charge in [-0.15, -0.1) is 0 Å². The van der Waals surface area contributed by atoms with E-state index >= 15 is 0 Å². The van der Waals surface area contributed by atoms with Gasteiger partial charge in [-0.25, -0.2) is 13.8 Å². The molecule has 8 heteroatoms. The van der Waals surface area contributed by atoms with Crippen LogP contribution in [0.5, 0.6) is 0 Å². The maximum atomic E-state index is 12.8. The Morgan fingerprint density at radius 1 is 1.24 bits per heavy atom. The number of carbonyl (C=O) groups is 1. The second-order valence-corrected chi connectivity index (χ2v) is 10.3. The Balaban J connectivity index is 1.75. The molecule has 1 amide bonds. The van der Waals surface area contributed by atoms with Gasteiger partial charge in [0.2, 0.25) is 10.0 Å². The predicted octanol–water partition coefficient (Wildman–Crippen LogP) is 2.89. The quantitative estimate of drug-likeness (QED) is 0.741. The summed E-state index contributed by atoms with van der Waals surface area (Å²) < 4.78 is 32.3. The van der Waals surface area contributed by atoms with Gasteiger partial charge in [-0.2, -0.15) is 9.41 Å². The summed E-state index contributed by atoms with van der Waals surface area (Å²) in [5.41, 5.74) is 3.97. The lowest BCUT2D eigenvalue weighted by molar-refractivity contribution is 0.0730. The largest absolute Gasteiger partial charge is 0.379 e. The number of amides is 1. The van der Waals surface area contributed by atoms with Crippen molar-refractivity contribution in [3.8, 4) is 0 Å². The Labute approximate surface area is 173 Å². The van der Waals surface area contributed by atoms with Crippen LogP contribution < -0.4 is 5.43 Å². The molecule has 160 valence electrons. The van der Waals surface area contributed by atoms with Gasteiger partial charge in [0.15, 0.2) is 0 Å². The van der Waals surface area contributed by atoms with Crippen molar-refractivity contribution in [3.05, 3.63) is 29.8 Å². The van der Waals surface area contributed by atoms with Gasteiger partial charge in [-0.1, -0.05) is 26.8 Å². The van der Waals surface area contributed by atoms with Crippen molar-refractivity contribution in [2.24, 2.45) is 22.9 Å². The van der Waals surface area contributed by atoms with Crippen molar-refractivity contribution >= 4 is 21.6 Å². The van der Waals surface area contributed by atoms with Gasteiger partial charge in [0.1, 0.15) is 0 Å². The average molecular weight is 422 g/mol. The molecule has 0 bridgehead atoms. The SMILES string of the molecule is CC(C)[C@@H]1CC[C@@H](C)C/C1=N/NC(=O)c1cccc(S(=O)(=O)N2CCOCC2)c1. The third-order valence-electron chi connectivity index (χ3n) is 5.77. The van der Waals surface area contributed by atoms with Crippen LogP contribution in [-0.4, -0.2) is 50.6 Å². The highest BCUT2D eigenvalue weighted by atomic mass is 32.2. The van der Waals surface area contributed by atoms with Gasteiger partial charge >= 0.3 is 0 Å². The maximum Gasteiger partial charge on any atom is 0.271 e. The number of nitrogens with zero attached hydrogens (tertiary/aromatic N) is 2. The Morgan fingerprint density at radius 3 is 2.66 bits per heavy atom. The molecule has 0 unspecified atom stereocenters. The summed E-state index contributed by atoms with van der Waals surface area (Å²) in [5.74, 6) is 1.01. The maximum absolute atomic E-state index is 12.8. The molecule has 1 aliphatic heterocycles. The molecule has 2 aliphatic rings. The highest BCUT2D eigenvalue weighted by Crippen LogP contribution is 2.31. The summed E-state index contributed by atoms with van der Waals surface area (Å²) in [6.45, 7) is 7.96. The number of hydrogen-bond acceptors (Lipinski definition) is 5. The molecule has 1 aliphatic carbocycles. The molecule has 0 spiro atoms. The van der Waals surface area contributed by atoms with Crippen LogP contribution in [-0.2, 0) is 14.8 Å². The number of morpholine rings is 1. The monoisotopic (exact) mass is 421 g/mol. The number of benzene rings is 1. The molecule has 1 aromatic rings. The third kappa shape index (κ3) is 5.24. The molecular weight excluding hydrogens is 390 g/mol.